The van der Waals surface area contributed by atoms with Crippen LogP contribution in [0.1, 0.15) is 18.0 Å². The summed E-state index contributed by atoms with van der Waals surface area (Å²) < 4.78 is 1.44. The lowest BCUT2D eigenvalue weighted by atomic mass is 10.1. The number of hydrogen-bond acceptors (Lipinski definition) is 6. The third-order valence-electron chi connectivity index (χ3n) is 4.07. The van der Waals surface area contributed by atoms with Gasteiger partial charge >= 0.3 is 0 Å². The molecule has 2 aromatic heterocycles. The Balaban J connectivity index is 1.83. The van der Waals surface area contributed by atoms with Gasteiger partial charge in [-0.2, -0.15) is 0 Å². The monoisotopic (exact) mass is 316 g/mol. The van der Waals surface area contributed by atoms with Gasteiger partial charge in [0.25, 0.3) is 11.1 Å². The second kappa shape index (κ2) is 5.86. The Hall–Kier alpha value is -2.64. The lowest BCUT2D eigenvalue weighted by Crippen LogP contribution is -2.25. The quantitative estimate of drug-likeness (QED) is 0.852. The van der Waals surface area contributed by atoms with E-state index in [1.807, 2.05) is 14.1 Å². The van der Waals surface area contributed by atoms with E-state index in [1.165, 1.54) is 10.9 Å². The van der Waals surface area contributed by atoms with Crippen molar-refractivity contribution < 1.29 is 0 Å². The minimum atomic E-state index is -0.149. The number of rotatable bonds is 3. The van der Waals surface area contributed by atoms with Crippen molar-refractivity contribution in [2.24, 2.45) is 7.05 Å². The number of aromatic amines is 1. The van der Waals surface area contributed by atoms with Gasteiger partial charge in [-0.05, 0) is 6.42 Å². The van der Waals surface area contributed by atoms with E-state index in [1.54, 1.807) is 24.1 Å². The van der Waals surface area contributed by atoms with E-state index in [0.29, 0.717) is 18.3 Å². The molecule has 1 atom stereocenters. The van der Waals surface area contributed by atoms with Crippen LogP contribution in [0, 0.1) is 0 Å². The summed E-state index contributed by atoms with van der Waals surface area (Å²) in [5.41, 5.74) is 0.551. The topological polar surface area (TPSA) is 87.1 Å². The van der Waals surface area contributed by atoms with E-state index in [2.05, 4.69) is 19.9 Å². The number of H-pyrrole nitrogens is 1. The first-order valence-electron chi connectivity index (χ1n) is 7.50. The van der Waals surface area contributed by atoms with E-state index >= 15 is 0 Å². The van der Waals surface area contributed by atoms with Crippen LogP contribution in [0.25, 0.3) is 0 Å². The normalized spacial score (nSPS) is 17.5. The highest BCUT2D eigenvalue weighted by molar-refractivity contribution is 5.40. The molecular formula is C15H20N6O2. The lowest BCUT2D eigenvalue weighted by molar-refractivity contribution is 0.732. The summed E-state index contributed by atoms with van der Waals surface area (Å²) in [5.74, 6) is 1.38. The average Bonchev–Trinajstić information content (AvgIpc) is 2.99. The zero-order chi connectivity index (χ0) is 16.6. The van der Waals surface area contributed by atoms with Crippen LogP contribution >= 0.6 is 0 Å². The third kappa shape index (κ3) is 3.10. The summed E-state index contributed by atoms with van der Waals surface area (Å²) in [6.45, 7) is 1.49. The number of anilines is 2. The van der Waals surface area contributed by atoms with Gasteiger partial charge in [-0.1, -0.05) is 0 Å². The number of aromatic nitrogens is 4. The van der Waals surface area contributed by atoms with Crippen LogP contribution in [0.2, 0.25) is 0 Å². The van der Waals surface area contributed by atoms with Crippen molar-refractivity contribution in [2.45, 2.75) is 12.3 Å². The molecule has 0 bridgehead atoms. The van der Waals surface area contributed by atoms with Crippen LogP contribution in [-0.2, 0) is 7.05 Å². The fraction of sp³-hybridized carbons (Fsp3) is 0.467. The van der Waals surface area contributed by atoms with Crippen LogP contribution in [0.4, 0.5) is 11.8 Å². The maximum atomic E-state index is 11.8. The summed E-state index contributed by atoms with van der Waals surface area (Å²) in [4.78, 5) is 39.0. The smallest absolute Gasteiger partial charge is 0.255 e. The second-order valence-corrected chi connectivity index (χ2v) is 6.02. The molecule has 3 rings (SSSR count). The first-order valence-corrected chi connectivity index (χ1v) is 7.50. The highest BCUT2D eigenvalue weighted by Gasteiger charge is 2.27. The molecule has 1 aliphatic rings. The molecule has 0 aliphatic carbocycles. The van der Waals surface area contributed by atoms with Crippen molar-refractivity contribution in [3.8, 4) is 0 Å². The van der Waals surface area contributed by atoms with Crippen LogP contribution in [0.15, 0.2) is 28.0 Å². The molecule has 1 N–H and O–H groups in total. The third-order valence-corrected chi connectivity index (χ3v) is 4.07. The van der Waals surface area contributed by atoms with Crippen molar-refractivity contribution in [2.75, 3.05) is 37.0 Å². The molecule has 3 heterocycles. The van der Waals surface area contributed by atoms with Gasteiger partial charge in [0.15, 0.2) is 0 Å². The lowest BCUT2D eigenvalue weighted by Gasteiger charge is -2.18. The molecule has 0 radical (unpaired) electrons. The molecule has 1 aliphatic heterocycles. The first-order chi connectivity index (χ1) is 10.9. The molecule has 1 unspecified atom stereocenters. The van der Waals surface area contributed by atoms with Gasteiger partial charge in [0.05, 0.1) is 12.0 Å². The molecule has 1 saturated heterocycles. The molecule has 0 saturated carbocycles. The number of hydrogen-bond donors (Lipinski definition) is 1. The molecule has 1 fully saturated rings. The number of aryl methyl sites for hydroxylation is 1. The standard InChI is InChI=1S/C15H20N6O2/c1-19(2)15-17-11(6-13(22)18-15)10-4-5-21(8-10)12-7-14(23)20(3)9-16-12/h6-7,9-10H,4-5,8H2,1-3H3,(H,17,18,22). The van der Waals surface area contributed by atoms with Crippen LogP contribution < -0.4 is 20.9 Å². The van der Waals surface area contributed by atoms with E-state index in [9.17, 15) is 9.59 Å². The predicted octanol–water partition coefficient (Wildman–Crippen LogP) is -0.0765. The van der Waals surface area contributed by atoms with Gasteiger partial charge in [0.1, 0.15) is 5.82 Å². The molecule has 8 nitrogen and oxygen atoms in total. The Morgan fingerprint density at radius 3 is 2.78 bits per heavy atom. The zero-order valence-corrected chi connectivity index (χ0v) is 13.5. The molecule has 0 spiro atoms. The van der Waals surface area contributed by atoms with Crippen LogP contribution in [0.5, 0.6) is 0 Å². The molecule has 8 heteroatoms. The van der Waals surface area contributed by atoms with Crippen LogP contribution in [0.3, 0.4) is 0 Å². The number of nitrogens with zero attached hydrogens (tertiary/aromatic N) is 5. The fourth-order valence-electron chi connectivity index (χ4n) is 2.72. The van der Waals surface area contributed by atoms with Crippen molar-refractivity contribution in [3.05, 3.63) is 44.9 Å². The Bertz CT molecular complexity index is 825. The summed E-state index contributed by atoms with van der Waals surface area (Å²) in [6.07, 6.45) is 2.40. The van der Waals surface area contributed by atoms with Gasteiger partial charge in [-0.25, -0.2) is 9.97 Å². The van der Waals surface area contributed by atoms with E-state index in [0.717, 1.165) is 18.7 Å². The first kappa shape index (κ1) is 15.3. The maximum Gasteiger partial charge on any atom is 0.255 e. The zero-order valence-electron chi connectivity index (χ0n) is 13.5. The second-order valence-electron chi connectivity index (χ2n) is 6.02. The largest absolute Gasteiger partial charge is 0.356 e. The van der Waals surface area contributed by atoms with Crippen molar-refractivity contribution in [3.63, 3.8) is 0 Å². The van der Waals surface area contributed by atoms with Crippen molar-refractivity contribution >= 4 is 11.8 Å². The summed E-state index contributed by atoms with van der Waals surface area (Å²) >= 11 is 0. The van der Waals surface area contributed by atoms with Gasteiger partial charge in [-0.3, -0.25) is 14.6 Å². The predicted molar refractivity (Wildman–Crippen MR) is 88.2 cm³/mol. The van der Waals surface area contributed by atoms with E-state index < -0.39 is 0 Å². The Morgan fingerprint density at radius 1 is 1.30 bits per heavy atom. The average molecular weight is 316 g/mol. The van der Waals surface area contributed by atoms with Gasteiger partial charge in [-0.15, -0.1) is 0 Å². The van der Waals surface area contributed by atoms with Gasteiger partial charge in [0.2, 0.25) is 5.95 Å². The highest BCUT2D eigenvalue weighted by atomic mass is 16.1. The van der Waals surface area contributed by atoms with Crippen molar-refractivity contribution in [1.82, 2.24) is 19.5 Å². The molecule has 23 heavy (non-hydrogen) atoms. The van der Waals surface area contributed by atoms with E-state index in [-0.39, 0.29) is 17.0 Å². The SMILES string of the molecule is CN(C)c1nc(C2CCN(c3cc(=O)n(C)cn3)C2)cc(=O)[nH]1. The summed E-state index contributed by atoms with van der Waals surface area (Å²) in [5, 5.41) is 0. The Kier molecular flexibility index (Phi) is 3.89. The molecule has 122 valence electrons. The summed E-state index contributed by atoms with van der Waals surface area (Å²) in [6, 6.07) is 3.09. The molecule has 0 aromatic carbocycles. The molecule has 0 amide bonds. The highest BCUT2D eigenvalue weighted by Crippen LogP contribution is 2.28. The fourth-order valence-corrected chi connectivity index (χ4v) is 2.72. The Morgan fingerprint density at radius 2 is 2.09 bits per heavy atom. The minimum absolute atomic E-state index is 0.0809. The van der Waals surface area contributed by atoms with Crippen LogP contribution in [-0.4, -0.2) is 46.7 Å². The van der Waals surface area contributed by atoms with E-state index in [4.69, 9.17) is 0 Å². The molecular weight excluding hydrogens is 296 g/mol. The maximum absolute atomic E-state index is 11.8. The van der Waals surface area contributed by atoms with Crippen molar-refractivity contribution in [1.29, 1.82) is 0 Å². The number of nitrogens with one attached hydrogen (secondary N) is 1. The summed E-state index contributed by atoms with van der Waals surface area (Å²) in [7, 11) is 5.36. The van der Waals surface area contributed by atoms with Gasteiger partial charge < -0.3 is 14.4 Å². The molecule has 2 aromatic rings. The Labute approximate surface area is 133 Å². The minimum Gasteiger partial charge on any atom is -0.356 e. The van der Waals surface area contributed by atoms with Gasteiger partial charge in [0, 0.05) is 52.3 Å².